The summed E-state index contributed by atoms with van der Waals surface area (Å²) in [6, 6.07) is 9.47. The molecule has 2 aliphatic heterocycles. The highest BCUT2D eigenvalue weighted by atomic mass is 16.2. The van der Waals surface area contributed by atoms with Crippen molar-refractivity contribution >= 4 is 23.1 Å². The first-order chi connectivity index (χ1) is 12.2. The van der Waals surface area contributed by atoms with E-state index in [0.717, 1.165) is 37.8 Å². The fourth-order valence-corrected chi connectivity index (χ4v) is 3.53. The Labute approximate surface area is 148 Å². The number of hydrogen-bond donors (Lipinski definition) is 0. The van der Waals surface area contributed by atoms with Crippen molar-refractivity contribution in [3.63, 3.8) is 0 Å². The highest BCUT2D eigenvalue weighted by Gasteiger charge is 2.37. The number of anilines is 1. The zero-order valence-electron chi connectivity index (χ0n) is 14.6. The normalized spacial score (nSPS) is 18.8. The maximum atomic E-state index is 13.0. The van der Waals surface area contributed by atoms with Crippen molar-refractivity contribution in [2.75, 3.05) is 24.5 Å². The van der Waals surface area contributed by atoms with Gasteiger partial charge in [0.25, 0.3) is 11.8 Å². The van der Waals surface area contributed by atoms with E-state index in [0.29, 0.717) is 25.2 Å². The number of carbonyl (C=O) groups excluding carboxylic acids is 2. The highest BCUT2D eigenvalue weighted by Crippen LogP contribution is 2.38. The molecule has 0 atom stereocenters. The Morgan fingerprint density at radius 2 is 1.92 bits per heavy atom. The second kappa shape index (κ2) is 7.52. The van der Waals surface area contributed by atoms with Gasteiger partial charge in [-0.3, -0.25) is 9.59 Å². The molecule has 1 fully saturated rings. The largest absolute Gasteiger partial charge is 0.338 e. The lowest BCUT2D eigenvalue weighted by Gasteiger charge is -2.26. The summed E-state index contributed by atoms with van der Waals surface area (Å²) >= 11 is 0. The zero-order chi connectivity index (χ0) is 17.8. The van der Waals surface area contributed by atoms with Gasteiger partial charge in [-0.05, 0) is 31.7 Å². The Morgan fingerprint density at radius 1 is 1.20 bits per heavy atom. The third-order valence-corrected chi connectivity index (χ3v) is 4.88. The van der Waals surface area contributed by atoms with E-state index in [1.54, 1.807) is 9.80 Å². The summed E-state index contributed by atoms with van der Waals surface area (Å²) in [6.07, 6.45) is 4.87. The third-order valence-electron chi connectivity index (χ3n) is 4.88. The molecule has 2 heterocycles. The summed E-state index contributed by atoms with van der Waals surface area (Å²) in [5.41, 5.74) is 1.75. The molecule has 1 aromatic carbocycles. The quantitative estimate of drug-likeness (QED) is 0.626. The summed E-state index contributed by atoms with van der Waals surface area (Å²) < 4.78 is 0. The standard InChI is InChI=1S/C20H23N3O2/c1-2-3-13-23-17-10-6-5-9-15(17)18(20(23)25)16(14-21)19(24)22-11-7-4-8-12-22/h5-6,9-10H,2-4,7-8,11-13H2,1H3. The summed E-state index contributed by atoms with van der Waals surface area (Å²) in [5, 5.41) is 9.67. The van der Waals surface area contributed by atoms with Crippen LogP contribution in [0.3, 0.4) is 0 Å². The fraction of sp³-hybridized carbons (Fsp3) is 0.450. The minimum Gasteiger partial charge on any atom is -0.338 e. The molecule has 2 aliphatic rings. The average Bonchev–Trinajstić information content (AvgIpc) is 2.93. The maximum absolute atomic E-state index is 13.0. The first-order valence-corrected chi connectivity index (χ1v) is 9.04. The predicted octanol–water partition coefficient (Wildman–Crippen LogP) is 3.12. The van der Waals surface area contributed by atoms with Gasteiger partial charge in [-0.25, -0.2) is 0 Å². The molecule has 0 aromatic heterocycles. The minimum absolute atomic E-state index is 0.0154. The van der Waals surface area contributed by atoms with E-state index in [4.69, 9.17) is 0 Å². The molecular weight excluding hydrogens is 314 g/mol. The van der Waals surface area contributed by atoms with Crippen molar-refractivity contribution in [1.29, 1.82) is 5.26 Å². The van der Waals surface area contributed by atoms with Crippen LogP contribution in [0.2, 0.25) is 0 Å². The first kappa shape index (κ1) is 17.2. The number of likely N-dealkylation sites (tertiary alicyclic amines) is 1. The number of rotatable bonds is 4. The van der Waals surface area contributed by atoms with E-state index in [2.05, 4.69) is 6.92 Å². The molecule has 0 unspecified atom stereocenters. The molecule has 25 heavy (non-hydrogen) atoms. The second-order valence-corrected chi connectivity index (χ2v) is 6.54. The number of fused-ring (bicyclic) bond motifs is 1. The number of piperidine rings is 1. The molecule has 0 aliphatic carbocycles. The summed E-state index contributed by atoms with van der Waals surface area (Å²) in [6.45, 7) is 4.00. The molecule has 5 nitrogen and oxygen atoms in total. The molecule has 2 amide bonds. The third kappa shape index (κ3) is 3.17. The van der Waals surface area contributed by atoms with Gasteiger partial charge in [0.15, 0.2) is 0 Å². The van der Waals surface area contributed by atoms with Crippen molar-refractivity contribution in [3.05, 3.63) is 35.4 Å². The Balaban J connectivity index is 2.03. The van der Waals surface area contributed by atoms with Gasteiger partial charge in [0.2, 0.25) is 0 Å². The van der Waals surface area contributed by atoms with Gasteiger partial charge in [-0.2, -0.15) is 5.26 Å². The first-order valence-electron chi connectivity index (χ1n) is 9.04. The zero-order valence-corrected chi connectivity index (χ0v) is 14.6. The van der Waals surface area contributed by atoms with Crippen molar-refractivity contribution in [3.8, 4) is 6.07 Å². The molecule has 130 valence electrons. The van der Waals surface area contributed by atoms with E-state index in [1.807, 2.05) is 30.3 Å². The van der Waals surface area contributed by atoms with Gasteiger partial charge in [-0.15, -0.1) is 0 Å². The number of amides is 2. The smallest absolute Gasteiger partial charge is 0.265 e. The van der Waals surface area contributed by atoms with Gasteiger partial charge in [-0.1, -0.05) is 31.5 Å². The Kier molecular flexibility index (Phi) is 5.18. The van der Waals surface area contributed by atoms with Gasteiger partial charge in [0.05, 0.1) is 11.3 Å². The van der Waals surface area contributed by atoms with Crippen molar-refractivity contribution in [2.24, 2.45) is 0 Å². The number of benzene rings is 1. The van der Waals surface area contributed by atoms with Crippen LogP contribution in [0, 0.1) is 11.3 Å². The van der Waals surface area contributed by atoms with Crippen LogP contribution in [0.25, 0.3) is 5.57 Å². The van der Waals surface area contributed by atoms with Gasteiger partial charge in [0.1, 0.15) is 11.6 Å². The molecule has 1 saturated heterocycles. The number of para-hydroxylation sites is 1. The monoisotopic (exact) mass is 337 g/mol. The van der Waals surface area contributed by atoms with E-state index < -0.39 is 0 Å². The predicted molar refractivity (Wildman–Crippen MR) is 96.7 cm³/mol. The van der Waals surface area contributed by atoms with Crippen molar-refractivity contribution < 1.29 is 9.59 Å². The van der Waals surface area contributed by atoms with E-state index in [9.17, 15) is 14.9 Å². The van der Waals surface area contributed by atoms with E-state index >= 15 is 0 Å². The molecule has 3 rings (SSSR count). The van der Waals surface area contributed by atoms with E-state index in [1.165, 1.54) is 0 Å². The van der Waals surface area contributed by atoms with Crippen LogP contribution in [-0.4, -0.2) is 36.3 Å². The maximum Gasteiger partial charge on any atom is 0.265 e. The van der Waals surface area contributed by atoms with Crippen LogP contribution in [0.1, 0.15) is 44.6 Å². The number of hydrogen-bond acceptors (Lipinski definition) is 3. The molecule has 1 aromatic rings. The van der Waals surface area contributed by atoms with Gasteiger partial charge in [0, 0.05) is 25.2 Å². The van der Waals surface area contributed by atoms with Crippen LogP contribution in [-0.2, 0) is 9.59 Å². The number of unbranched alkanes of at least 4 members (excludes halogenated alkanes) is 1. The van der Waals surface area contributed by atoms with Crippen LogP contribution in [0.4, 0.5) is 5.69 Å². The molecule has 0 saturated carbocycles. The molecule has 0 bridgehead atoms. The summed E-state index contributed by atoms with van der Waals surface area (Å²) in [7, 11) is 0. The van der Waals surface area contributed by atoms with Crippen LogP contribution < -0.4 is 4.90 Å². The molecule has 0 N–H and O–H groups in total. The van der Waals surface area contributed by atoms with Crippen molar-refractivity contribution in [2.45, 2.75) is 39.0 Å². The molecule has 0 radical (unpaired) electrons. The van der Waals surface area contributed by atoms with Gasteiger partial charge < -0.3 is 9.80 Å². The molecular formula is C20H23N3O2. The van der Waals surface area contributed by atoms with Crippen LogP contribution in [0.15, 0.2) is 29.8 Å². The minimum atomic E-state index is -0.308. The number of nitrogens with zero attached hydrogens (tertiary/aromatic N) is 3. The SMILES string of the molecule is CCCCN1C(=O)C(=C(C#N)C(=O)N2CCCCC2)c2ccccc21. The van der Waals surface area contributed by atoms with E-state index in [-0.39, 0.29) is 23.0 Å². The fourth-order valence-electron chi connectivity index (χ4n) is 3.53. The lowest BCUT2D eigenvalue weighted by Crippen LogP contribution is -2.37. The second-order valence-electron chi connectivity index (χ2n) is 6.54. The Bertz CT molecular complexity index is 754. The average molecular weight is 337 g/mol. The topological polar surface area (TPSA) is 64.4 Å². The van der Waals surface area contributed by atoms with Crippen molar-refractivity contribution in [1.82, 2.24) is 4.90 Å². The van der Waals surface area contributed by atoms with Gasteiger partial charge >= 0.3 is 0 Å². The van der Waals surface area contributed by atoms with Crippen LogP contribution >= 0.6 is 0 Å². The molecule has 0 spiro atoms. The lowest BCUT2D eigenvalue weighted by molar-refractivity contribution is -0.127. The summed E-state index contributed by atoms with van der Waals surface area (Å²) in [5.74, 6) is -0.533. The number of nitriles is 1. The molecule has 5 heteroatoms. The lowest BCUT2D eigenvalue weighted by atomic mass is 10.00. The van der Waals surface area contributed by atoms with Crippen LogP contribution in [0.5, 0.6) is 0 Å². The summed E-state index contributed by atoms with van der Waals surface area (Å²) in [4.78, 5) is 29.3. The highest BCUT2D eigenvalue weighted by molar-refractivity contribution is 6.37. The Morgan fingerprint density at radius 3 is 2.60 bits per heavy atom. The Hall–Kier alpha value is -2.61. The number of carbonyl (C=O) groups is 2.